The first-order valence-corrected chi connectivity index (χ1v) is 20.1. The minimum Gasteiger partial charge on any atom is -0.508 e. The molecule has 4 aromatic rings. The second-order valence-corrected chi connectivity index (χ2v) is 16.5. The third-order valence-corrected chi connectivity index (χ3v) is 13.0. The number of phenolic OH excluding ortho intramolecular Hbond substituents is 1. The van der Waals surface area contributed by atoms with Crippen LogP contribution in [0.1, 0.15) is 72.0 Å². The van der Waals surface area contributed by atoms with Crippen LogP contribution in [0.5, 0.6) is 11.8 Å². The molecule has 0 unspecified atom stereocenters. The van der Waals surface area contributed by atoms with Crippen molar-refractivity contribution in [3.05, 3.63) is 64.4 Å². The molecule has 8 heterocycles. The van der Waals surface area contributed by atoms with Crippen LogP contribution in [0.3, 0.4) is 0 Å². The molecule has 14 heteroatoms. The summed E-state index contributed by atoms with van der Waals surface area (Å²) in [5, 5.41) is 17.2. The number of amides is 1. The van der Waals surface area contributed by atoms with E-state index in [4.69, 9.17) is 24.5 Å². The maximum absolute atomic E-state index is 15.2. The molecule has 4 fully saturated rings. The van der Waals surface area contributed by atoms with Crippen molar-refractivity contribution < 1.29 is 28.2 Å². The molecule has 4 atom stereocenters. The predicted molar refractivity (Wildman–Crippen MR) is 202 cm³/mol. The lowest BCUT2D eigenvalue weighted by molar-refractivity contribution is 0.0558. The highest BCUT2D eigenvalue weighted by molar-refractivity contribution is 5.98. The number of anilines is 2. The Morgan fingerprint density at radius 2 is 1.96 bits per heavy atom. The number of fused-ring (bicyclic) bond motifs is 6. The summed E-state index contributed by atoms with van der Waals surface area (Å²) in [7, 11) is 0. The van der Waals surface area contributed by atoms with E-state index in [1.807, 2.05) is 22.6 Å². The van der Waals surface area contributed by atoms with Crippen molar-refractivity contribution in [1.29, 1.82) is 0 Å². The standard InChI is InChI=1S/C41H48F2N8O4/c1-2-31-33(43)6-5-26-14-29(52)16-36(37(26)31)47-12-7-32-35(22-47)44-40(55-24-41-8-3-10-50(41)19-27(42)17-41)45-38(32)48-9-4-11-51-28(20-48)15-34(46-51)39(53)49-18-25-13-30(21-49)54-23-25/h5-6,14-16,25,27,30,52H,2-4,7-13,17-24H2,1H3/t25-,27-,30+,41+/m1/s1. The van der Waals surface area contributed by atoms with Crippen molar-refractivity contribution in [1.82, 2.24) is 29.5 Å². The van der Waals surface area contributed by atoms with E-state index in [9.17, 15) is 14.3 Å². The van der Waals surface area contributed by atoms with E-state index in [1.165, 1.54) is 6.07 Å². The van der Waals surface area contributed by atoms with E-state index in [1.54, 1.807) is 18.2 Å². The number of likely N-dealkylation sites (tertiary alicyclic amines) is 1. The van der Waals surface area contributed by atoms with E-state index in [2.05, 4.69) is 14.7 Å². The number of aromatic nitrogens is 4. The number of halogens is 2. The van der Waals surface area contributed by atoms with Crippen LogP contribution in [-0.2, 0) is 37.2 Å². The normalized spacial score (nSPS) is 26.3. The number of carbonyl (C=O) groups is 1. The van der Waals surface area contributed by atoms with Gasteiger partial charge in [-0.1, -0.05) is 13.0 Å². The van der Waals surface area contributed by atoms with Gasteiger partial charge in [0.05, 0.1) is 42.7 Å². The molecule has 12 nitrogen and oxygen atoms in total. The molecule has 2 bridgehead atoms. The second-order valence-electron chi connectivity index (χ2n) is 16.5. The van der Waals surface area contributed by atoms with Crippen LogP contribution in [0.25, 0.3) is 10.8 Å². The number of nitrogens with zero attached hydrogens (tertiary/aromatic N) is 8. The lowest BCUT2D eigenvalue weighted by atomic mass is 9.95. The number of aryl methyl sites for hydroxylation is 2. The number of hydrogen-bond acceptors (Lipinski definition) is 10. The molecule has 1 amide bonds. The highest BCUT2D eigenvalue weighted by atomic mass is 19.1. The number of aromatic hydroxyl groups is 1. The first kappa shape index (κ1) is 34.9. The number of alkyl halides is 1. The average Bonchev–Trinajstić information content (AvgIpc) is 3.91. The maximum atomic E-state index is 15.2. The Morgan fingerprint density at radius 3 is 2.84 bits per heavy atom. The van der Waals surface area contributed by atoms with Gasteiger partial charge in [0.2, 0.25) is 0 Å². The zero-order valence-corrected chi connectivity index (χ0v) is 31.4. The van der Waals surface area contributed by atoms with Crippen LogP contribution in [0.4, 0.5) is 20.3 Å². The molecule has 4 saturated heterocycles. The van der Waals surface area contributed by atoms with Crippen LogP contribution in [0.15, 0.2) is 30.3 Å². The van der Waals surface area contributed by atoms with Crippen LogP contribution < -0.4 is 14.5 Å². The first-order valence-electron chi connectivity index (χ1n) is 20.1. The van der Waals surface area contributed by atoms with E-state index in [-0.39, 0.29) is 35.1 Å². The second kappa shape index (κ2) is 13.6. The number of phenols is 1. The van der Waals surface area contributed by atoms with Gasteiger partial charge < -0.3 is 29.3 Å². The Hall–Kier alpha value is -4.56. The number of hydrogen-bond donors (Lipinski definition) is 1. The van der Waals surface area contributed by atoms with Gasteiger partial charge in [0.15, 0.2) is 5.69 Å². The van der Waals surface area contributed by atoms with Crippen LogP contribution in [0.2, 0.25) is 0 Å². The van der Waals surface area contributed by atoms with Crippen molar-refractivity contribution >= 4 is 28.2 Å². The largest absolute Gasteiger partial charge is 0.508 e. The molecule has 0 aliphatic carbocycles. The highest BCUT2D eigenvalue weighted by Gasteiger charge is 2.49. The zero-order valence-electron chi connectivity index (χ0n) is 31.4. The summed E-state index contributed by atoms with van der Waals surface area (Å²) in [5.74, 6) is 1.00. The van der Waals surface area contributed by atoms with Gasteiger partial charge in [-0.15, -0.1) is 0 Å². The Bertz CT molecular complexity index is 2150. The Balaban J connectivity index is 0.988. The van der Waals surface area contributed by atoms with Crippen LogP contribution in [-0.4, -0.2) is 111 Å². The van der Waals surface area contributed by atoms with Crippen molar-refractivity contribution in [2.45, 2.75) is 89.3 Å². The molecule has 55 heavy (non-hydrogen) atoms. The molecule has 0 radical (unpaired) electrons. The molecule has 0 spiro atoms. The Morgan fingerprint density at radius 1 is 1.05 bits per heavy atom. The molecule has 10 rings (SSSR count). The van der Waals surface area contributed by atoms with E-state index < -0.39 is 6.17 Å². The fraction of sp³-hybridized carbons (Fsp3) is 0.561. The number of rotatable bonds is 7. The number of piperidine rings is 1. The monoisotopic (exact) mass is 754 g/mol. The molecule has 6 aliphatic rings. The summed E-state index contributed by atoms with van der Waals surface area (Å²) in [5.41, 5.74) is 4.27. The molecule has 290 valence electrons. The summed E-state index contributed by atoms with van der Waals surface area (Å²) in [4.78, 5) is 32.4. The Kier molecular flexibility index (Phi) is 8.61. The molecule has 2 aromatic heterocycles. The topological polar surface area (TPSA) is 112 Å². The van der Waals surface area contributed by atoms with Crippen molar-refractivity contribution in [2.24, 2.45) is 5.92 Å². The average molecular weight is 755 g/mol. The molecule has 1 N–H and O–H groups in total. The van der Waals surface area contributed by atoms with Crippen LogP contribution >= 0.6 is 0 Å². The molecular weight excluding hydrogens is 706 g/mol. The minimum atomic E-state index is -0.871. The van der Waals surface area contributed by atoms with Gasteiger partial charge in [-0.3, -0.25) is 14.4 Å². The minimum absolute atomic E-state index is 0.0455. The Labute approximate surface area is 319 Å². The fourth-order valence-corrected chi connectivity index (χ4v) is 10.4. The predicted octanol–water partition coefficient (Wildman–Crippen LogP) is 5.02. The van der Waals surface area contributed by atoms with Gasteiger partial charge >= 0.3 is 6.01 Å². The fourth-order valence-electron chi connectivity index (χ4n) is 10.4. The molecular formula is C41H48F2N8O4. The molecule has 6 aliphatic heterocycles. The highest BCUT2D eigenvalue weighted by Crippen LogP contribution is 2.42. The lowest BCUT2D eigenvalue weighted by Crippen LogP contribution is -2.43. The summed E-state index contributed by atoms with van der Waals surface area (Å²) in [6, 6.07) is 8.80. The summed E-state index contributed by atoms with van der Waals surface area (Å²) >= 11 is 0. The lowest BCUT2D eigenvalue weighted by Gasteiger charge is -2.35. The number of carbonyl (C=O) groups excluding carboxylic acids is 1. The van der Waals surface area contributed by atoms with Gasteiger partial charge in [-0.25, -0.2) is 8.78 Å². The van der Waals surface area contributed by atoms with Crippen molar-refractivity contribution in [3.63, 3.8) is 0 Å². The summed E-state index contributed by atoms with van der Waals surface area (Å²) < 4.78 is 44.2. The number of benzene rings is 2. The van der Waals surface area contributed by atoms with Gasteiger partial charge in [-0.05, 0) is 74.2 Å². The molecule has 0 saturated carbocycles. The van der Waals surface area contributed by atoms with Gasteiger partial charge in [0.1, 0.15) is 30.2 Å². The quantitative estimate of drug-likeness (QED) is 0.276. The summed E-state index contributed by atoms with van der Waals surface area (Å²) in [6.07, 6.45) is 4.54. The van der Waals surface area contributed by atoms with Crippen molar-refractivity contribution in [3.8, 4) is 11.8 Å². The smallest absolute Gasteiger partial charge is 0.318 e. The third kappa shape index (κ3) is 6.16. The molecule has 2 aromatic carbocycles. The van der Waals surface area contributed by atoms with Crippen molar-refractivity contribution in [2.75, 3.05) is 62.3 Å². The van der Waals surface area contributed by atoms with Gasteiger partial charge in [0.25, 0.3) is 5.91 Å². The first-order chi connectivity index (χ1) is 26.7. The van der Waals surface area contributed by atoms with E-state index in [0.29, 0.717) is 95.5 Å². The van der Waals surface area contributed by atoms with E-state index >= 15 is 4.39 Å². The SMILES string of the molecule is CCc1c(F)ccc2cc(O)cc(N3CCc4c(nc(OC[C@@]56CCCN5C[C@H](F)C6)nc4N4CCCn5nc(C(=O)N6C[C@@H]7CO[C@@H](C7)C6)cc5C4)C3)c12. The number of ether oxygens (including phenoxy) is 2. The maximum Gasteiger partial charge on any atom is 0.318 e. The van der Waals surface area contributed by atoms with Gasteiger partial charge in [0, 0.05) is 74.3 Å². The van der Waals surface area contributed by atoms with Gasteiger partial charge in [-0.2, -0.15) is 15.1 Å². The zero-order chi connectivity index (χ0) is 37.4. The van der Waals surface area contributed by atoms with E-state index in [0.717, 1.165) is 78.0 Å². The van der Waals surface area contributed by atoms with Crippen LogP contribution in [0, 0.1) is 11.7 Å². The third-order valence-electron chi connectivity index (χ3n) is 13.0. The summed E-state index contributed by atoms with van der Waals surface area (Å²) in [6.45, 7) is 8.53.